The molecular formula is C11H12F3NO. The quantitative estimate of drug-likeness (QED) is 0.821. The van der Waals surface area contributed by atoms with Gasteiger partial charge in [0.2, 0.25) is 0 Å². The van der Waals surface area contributed by atoms with Crippen LogP contribution in [0, 0.1) is 0 Å². The minimum atomic E-state index is -4.45. The second kappa shape index (κ2) is 3.38. The Kier molecular flexibility index (Phi) is 2.38. The van der Waals surface area contributed by atoms with Crippen LogP contribution in [0.5, 0.6) is 5.75 Å². The van der Waals surface area contributed by atoms with Crippen LogP contribution in [0.25, 0.3) is 0 Å². The van der Waals surface area contributed by atoms with Crippen molar-refractivity contribution >= 4 is 0 Å². The van der Waals surface area contributed by atoms with Crippen LogP contribution in [0.3, 0.4) is 0 Å². The van der Waals surface area contributed by atoms with Crippen LogP contribution in [-0.2, 0) is 11.6 Å². The second-order valence-corrected chi connectivity index (χ2v) is 4.21. The molecule has 1 aliphatic carbocycles. The molecule has 1 aromatic carbocycles. The molecular weight excluding hydrogens is 219 g/mol. The third-order valence-electron chi connectivity index (χ3n) is 3.12. The standard InChI is InChI=1S/C11H12F3NO/c12-11(13,14)9-5-7(16)1-2-8(9)10(6-15)3-4-10/h1-2,5,16H,3-4,6,15H2. The molecule has 1 aliphatic rings. The summed E-state index contributed by atoms with van der Waals surface area (Å²) in [5, 5.41) is 9.13. The highest BCUT2D eigenvalue weighted by Crippen LogP contribution is 2.51. The predicted molar refractivity (Wildman–Crippen MR) is 53.1 cm³/mol. The Balaban J connectivity index is 2.53. The average molecular weight is 231 g/mol. The predicted octanol–water partition coefficient (Wildman–Crippen LogP) is 2.40. The van der Waals surface area contributed by atoms with Gasteiger partial charge in [-0.2, -0.15) is 13.2 Å². The van der Waals surface area contributed by atoms with E-state index in [-0.39, 0.29) is 17.9 Å². The number of nitrogens with two attached hydrogens (primary N) is 1. The fourth-order valence-corrected chi connectivity index (χ4v) is 1.96. The summed E-state index contributed by atoms with van der Waals surface area (Å²) in [6.07, 6.45) is -3.09. The molecule has 0 heterocycles. The highest BCUT2D eigenvalue weighted by molar-refractivity contribution is 5.44. The van der Waals surface area contributed by atoms with Gasteiger partial charge in [0.05, 0.1) is 5.56 Å². The smallest absolute Gasteiger partial charge is 0.416 e. The molecule has 1 saturated carbocycles. The van der Waals surface area contributed by atoms with Crippen molar-refractivity contribution in [1.29, 1.82) is 0 Å². The molecule has 2 rings (SSSR count). The fourth-order valence-electron chi connectivity index (χ4n) is 1.96. The van der Waals surface area contributed by atoms with Gasteiger partial charge in [0.15, 0.2) is 0 Å². The molecule has 0 spiro atoms. The van der Waals surface area contributed by atoms with E-state index in [4.69, 9.17) is 10.8 Å². The first kappa shape index (κ1) is 11.3. The molecule has 5 heteroatoms. The van der Waals surface area contributed by atoms with E-state index < -0.39 is 17.2 Å². The van der Waals surface area contributed by atoms with Crippen LogP contribution in [0.15, 0.2) is 18.2 Å². The maximum atomic E-state index is 12.8. The van der Waals surface area contributed by atoms with Crippen molar-refractivity contribution in [3.63, 3.8) is 0 Å². The molecule has 1 fully saturated rings. The summed E-state index contributed by atoms with van der Waals surface area (Å²) in [6, 6.07) is 3.38. The molecule has 0 aromatic heterocycles. The molecule has 3 N–H and O–H groups in total. The number of benzene rings is 1. The summed E-state index contributed by atoms with van der Waals surface area (Å²) in [6.45, 7) is 0.209. The summed E-state index contributed by atoms with van der Waals surface area (Å²) in [5.41, 5.74) is 4.43. The van der Waals surface area contributed by atoms with Crippen molar-refractivity contribution in [2.75, 3.05) is 6.54 Å². The first-order valence-corrected chi connectivity index (χ1v) is 5.00. The van der Waals surface area contributed by atoms with Gasteiger partial charge in [0, 0.05) is 12.0 Å². The molecule has 0 unspecified atom stereocenters. The van der Waals surface area contributed by atoms with E-state index in [9.17, 15) is 13.2 Å². The lowest BCUT2D eigenvalue weighted by atomic mass is 9.91. The van der Waals surface area contributed by atoms with Crippen LogP contribution in [-0.4, -0.2) is 11.7 Å². The van der Waals surface area contributed by atoms with Crippen molar-refractivity contribution in [1.82, 2.24) is 0 Å². The van der Waals surface area contributed by atoms with E-state index >= 15 is 0 Å². The Morgan fingerprint density at radius 1 is 1.31 bits per heavy atom. The zero-order valence-corrected chi connectivity index (χ0v) is 8.51. The van der Waals surface area contributed by atoms with E-state index in [1.54, 1.807) is 0 Å². The number of aromatic hydroxyl groups is 1. The van der Waals surface area contributed by atoms with Crippen molar-refractivity contribution in [3.8, 4) is 5.75 Å². The molecule has 88 valence electrons. The van der Waals surface area contributed by atoms with Gasteiger partial charge < -0.3 is 10.8 Å². The summed E-state index contributed by atoms with van der Waals surface area (Å²) in [4.78, 5) is 0. The number of phenols is 1. The van der Waals surface area contributed by atoms with Crippen molar-refractivity contribution in [2.24, 2.45) is 5.73 Å². The number of halogens is 3. The molecule has 0 radical (unpaired) electrons. The van der Waals surface area contributed by atoms with Gasteiger partial charge in [-0.15, -0.1) is 0 Å². The van der Waals surface area contributed by atoms with Gasteiger partial charge in [-0.1, -0.05) is 6.07 Å². The highest BCUT2D eigenvalue weighted by atomic mass is 19.4. The van der Waals surface area contributed by atoms with Crippen LogP contribution < -0.4 is 5.73 Å². The van der Waals surface area contributed by atoms with Gasteiger partial charge in [-0.3, -0.25) is 0 Å². The SMILES string of the molecule is NCC1(c2ccc(O)cc2C(F)(F)F)CC1. The lowest BCUT2D eigenvalue weighted by Crippen LogP contribution is -2.23. The maximum absolute atomic E-state index is 12.8. The second-order valence-electron chi connectivity index (χ2n) is 4.21. The summed E-state index contributed by atoms with van der Waals surface area (Å²) in [7, 11) is 0. The zero-order chi connectivity index (χ0) is 12.0. The molecule has 0 amide bonds. The normalized spacial score (nSPS) is 18.5. The molecule has 1 aromatic rings. The number of rotatable bonds is 2. The summed E-state index contributed by atoms with van der Waals surface area (Å²) in [5.74, 6) is -0.371. The fraction of sp³-hybridized carbons (Fsp3) is 0.455. The van der Waals surface area contributed by atoms with Crippen LogP contribution >= 0.6 is 0 Å². The summed E-state index contributed by atoms with van der Waals surface area (Å²) < 4.78 is 38.3. The minimum absolute atomic E-state index is 0.209. The molecule has 0 atom stereocenters. The Labute approximate surface area is 90.9 Å². The number of hydrogen-bond acceptors (Lipinski definition) is 2. The Morgan fingerprint density at radius 3 is 2.38 bits per heavy atom. The van der Waals surface area contributed by atoms with Crippen molar-refractivity contribution < 1.29 is 18.3 Å². The first-order valence-electron chi connectivity index (χ1n) is 5.00. The van der Waals surface area contributed by atoms with E-state index in [1.807, 2.05) is 0 Å². The van der Waals surface area contributed by atoms with Gasteiger partial charge in [-0.05, 0) is 30.5 Å². The largest absolute Gasteiger partial charge is 0.508 e. The van der Waals surface area contributed by atoms with E-state index in [0.29, 0.717) is 12.8 Å². The monoisotopic (exact) mass is 231 g/mol. The highest BCUT2D eigenvalue weighted by Gasteiger charge is 2.48. The number of hydrogen-bond donors (Lipinski definition) is 2. The Hall–Kier alpha value is -1.23. The zero-order valence-electron chi connectivity index (χ0n) is 8.51. The van der Waals surface area contributed by atoms with Crippen LogP contribution in [0.1, 0.15) is 24.0 Å². The van der Waals surface area contributed by atoms with Gasteiger partial charge in [0.1, 0.15) is 5.75 Å². The van der Waals surface area contributed by atoms with Crippen molar-refractivity contribution in [2.45, 2.75) is 24.4 Å². The topological polar surface area (TPSA) is 46.2 Å². The van der Waals surface area contributed by atoms with Gasteiger partial charge >= 0.3 is 6.18 Å². The average Bonchev–Trinajstić information content (AvgIpc) is 2.97. The summed E-state index contributed by atoms with van der Waals surface area (Å²) >= 11 is 0. The third-order valence-corrected chi connectivity index (χ3v) is 3.12. The van der Waals surface area contributed by atoms with Crippen molar-refractivity contribution in [3.05, 3.63) is 29.3 Å². The van der Waals surface area contributed by atoms with Gasteiger partial charge in [-0.25, -0.2) is 0 Å². The first-order chi connectivity index (χ1) is 7.39. The van der Waals surface area contributed by atoms with Crippen LogP contribution in [0.4, 0.5) is 13.2 Å². The molecule has 0 bridgehead atoms. The maximum Gasteiger partial charge on any atom is 0.416 e. The number of alkyl halides is 3. The van der Waals surface area contributed by atoms with E-state index in [2.05, 4.69) is 0 Å². The third kappa shape index (κ3) is 1.75. The lowest BCUT2D eigenvalue weighted by Gasteiger charge is -2.19. The minimum Gasteiger partial charge on any atom is -0.508 e. The van der Waals surface area contributed by atoms with E-state index in [0.717, 1.165) is 6.07 Å². The lowest BCUT2D eigenvalue weighted by molar-refractivity contribution is -0.138. The number of phenolic OH excluding ortho intramolecular Hbond substituents is 1. The molecule has 0 aliphatic heterocycles. The van der Waals surface area contributed by atoms with Crippen LogP contribution in [0.2, 0.25) is 0 Å². The molecule has 0 saturated heterocycles. The Bertz CT molecular complexity index is 410. The van der Waals surface area contributed by atoms with Gasteiger partial charge in [0.25, 0.3) is 0 Å². The van der Waals surface area contributed by atoms with E-state index in [1.165, 1.54) is 12.1 Å². The molecule has 16 heavy (non-hydrogen) atoms. The Morgan fingerprint density at radius 2 is 1.94 bits per heavy atom. The molecule has 2 nitrogen and oxygen atoms in total.